The second-order valence-electron chi connectivity index (χ2n) is 4.87. The van der Waals surface area contributed by atoms with Crippen molar-refractivity contribution in [3.05, 3.63) is 29.3 Å². The normalized spacial score (nSPS) is 15.0. The zero-order valence-electron chi connectivity index (χ0n) is 10.5. The maximum absolute atomic E-state index is 5.40. The largest absolute Gasteiger partial charge is 0.461 e. The fourth-order valence-corrected chi connectivity index (χ4v) is 2.97. The van der Waals surface area contributed by atoms with Gasteiger partial charge in [-0.15, -0.1) is 11.3 Å². The first-order valence-corrected chi connectivity index (χ1v) is 7.20. The molecular weight excluding hydrogens is 258 g/mol. The smallest absolute Gasteiger partial charge is 0.199 e. The van der Waals surface area contributed by atoms with Gasteiger partial charge < -0.3 is 9.73 Å². The summed E-state index contributed by atoms with van der Waals surface area (Å²) in [6.45, 7) is 2.10. The molecule has 0 unspecified atom stereocenters. The van der Waals surface area contributed by atoms with Gasteiger partial charge in [-0.1, -0.05) is 0 Å². The molecule has 1 N–H and O–H groups in total. The summed E-state index contributed by atoms with van der Waals surface area (Å²) in [5.41, 5.74) is 0. The van der Waals surface area contributed by atoms with Gasteiger partial charge in [0.25, 0.3) is 0 Å². The molecule has 1 saturated carbocycles. The van der Waals surface area contributed by atoms with Crippen LogP contribution < -0.4 is 5.32 Å². The van der Waals surface area contributed by atoms with Crippen LogP contribution in [0.3, 0.4) is 0 Å². The van der Waals surface area contributed by atoms with Gasteiger partial charge in [0.1, 0.15) is 10.6 Å². The molecule has 1 aliphatic rings. The Morgan fingerprint density at radius 2 is 2.26 bits per heavy atom. The van der Waals surface area contributed by atoms with Crippen LogP contribution in [0.1, 0.15) is 17.7 Å². The van der Waals surface area contributed by atoms with Crippen molar-refractivity contribution in [2.75, 3.05) is 5.32 Å². The van der Waals surface area contributed by atoms with Crippen LogP contribution >= 0.6 is 11.3 Å². The van der Waals surface area contributed by atoms with Gasteiger partial charge in [-0.3, -0.25) is 0 Å². The topological polar surface area (TPSA) is 51.0 Å². The van der Waals surface area contributed by atoms with Crippen molar-refractivity contribution < 1.29 is 4.42 Å². The van der Waals surface area contributed by atoms with E-state index in [4.69, 9.17) is 4.42 Å². The van der Waals surface area contributed by atoms with Crippen molar-refractivity contribution >= 4 is 27.4 Å². The summed E-state index contributed by atoms with van der Waals surface area (Å²) in [5, 5.41) is 4.60. The van der Waals surface area contributed by atoms with E-state index in [2.05, 4.69) is 28.3 Å². The standard InChI is InChI=1S/C14H13N3OS/c1-8-7-10-12(15-9-4-5-9)16-13(17-14(10)19-8)11-3-2-6-18-11/h2-3,6-7,9H,4-5H2,1H3,(H,15,16,17). The van der Waals surface area contributed by atoms with E-state index in [9.17, 15) is 0 Å². The monoisotopic (exact) mass is 271 g/mol. The average Bonchev–Trinajstić information content (AvgIpc) is 2.91. The third kappa shape index (κ3) is 2.00. The summed E-state index contributed by atoms with van der Waals surface area (Å²) in [7, 11) is 0. The SMILES string of the molecule is Cc1cc2c(NC3CC3)nc(-c3ccco3)nc2s1. The molecule has 4 nitrogen and oxygen atoms in total. The van der Waals surface area contributed by atoms with E-state index in [1.165, 1.54) is 17.7 Å². The van der Waals surface area contributed by atoms with Gasteiger partial charge in [0, 0.05) is 10.9 Å². The first-order valence-electron chi connectivity index (χ1n) is 6.38. The van der Waals surface area contributed by atoms with E-state index in [0.717, 1.165) is 16.0 Å². The molecule has 0 aliphatic heterocycles. The molecule has 1 fully saturated rings. The third-order valence-corrected chi connectivity index (χ3v) is 4.12. The number of thiophene rings is 1. The van der Waals surface area contributed by atoms with Gasteiger partial charge in [-0.05, 0) is 38.0 Å². The molecule has 0 amide bonds. The summed E-state index contributed by atoms with van der Waals surface area (Å²) in [6, 6.07) is 6.47. The lowest BCUT2D eigenvalue weighted by Crippen LogP contribution is -2.04. The van der Waals surface area contributed by atoms with Crippen molar-refractivity contribution in [1.29, 1.82) is 0 Å². The fraction of sp³-hybridized carbons (Fsp3) is 0.286. The minimum absolute atomic E-state index is 0.572. The molecule has 0 aromatic carbocycles. The van der Waals surface area contributed by atoms with Crippen molar-refractivity contribution in [3.63, 3.8) is 0 Å². The van der Waals surface area contributed by atoms with Crippen LogP contribution in [0.25, 0.3) is 21.8 Å². The number of anilines is 1. The van der Waals surface area contributed by atoms with Gasteiger partial charge in [-0.2, -0.15) is 0 Å². The molecule has 0 atom stereocenters. The number of nitrogens with one attached hydrogen (secondary N) is 1. The highest BCUT2D eigenvalue weighted by Gasteiger charge is 2.23. The van der Waals surface area contributed by atoms with Crippen LogP contribution in [0.4, 0.5) is 5.82 Å². The van der Waals surface area contributed by atoms with Crippen molar-refractivity contribution in [2.45, 2.75) is 25.8 Å². The summed E-state index contributed by atoms with van der Waals surface area (Å²) in [6.07, 6.45) is 4.10. The lowest BCUT2D eigenvalue weighted by molar-refractivity contribution is 0.577. The Labute approximate surface area is 114 Å². The van der Waals surface area contributed by atoms with Gasteiger partial charge in [0.2, 0.25) is 0 Å². The molecule has 3 aromatic heterocycles. The number of aryl methyl sites for hydroxylation is 1. The Kier molecular flexibility index (Phi) is 2.35. The quantitative estimate of drug-likeness (QED) is 0.786. The molecule has 4 rings (SSSR count). The highest BCUT2D eigenvalue weighted by atomic mass is 32.1. The van der Waals surface area contributed by atoms with Crippen LogP contribution in [0, 0.1) is 6.92 Å². The molecule has 0 bridgehead atoms. The van der Waals surface area contributed by atoms with E-state index in [1.807, 2.05) is 12.1 Å². The zero-order valence-corrected chi connectivity index (χ0v) is 11.3. The minimum Gasteiger partial charge on any atom is -0.461 e. The molecule has 1 aliphatic carbocycles. The number of fused-ring (bicyclic) bond motifs is 1. The zero-order chi connectivity index (χ0) is 12.8. The maximum atomic E-state index is 5.40. The molecule has 3 aromatic rings. The lowest BCUT2D eigenvalue weighted by atomic mass is 10.3. The van der Waals surface area contributed by atoms with E-state index in [1.54, 1.807) is 17.6 Å². The number of nitrogens with zero attached hydrogens (tertiary/aromatic N) is 2. The van der Waals surface area contributed by atoms with Crippen LogP contribution in [0.2, 0.25) is 0 Å². The molecule has 3 heterocycles. The second-order valence-corrected chi connectivity index (χ2v) is 6.10. The molecule has 96 valence electrons. The predicted octanol–water partition coefficient (Wildman–Crippen LogP) is 3.83. The average molecular weight is 271 g/mol. The first kappa shape index (κ1) is 11.0. The second kappa shape index (κ2) is 4.06. The maximum Gasteiger partial charge on any atom is 0.199 e. The Balaban J connectivity index is 1.90. The fourth-order valence-electron chi connectivity index (χ4n) is 2.09. The van der Waals surface area contributed by atoms with Gasteiger partial charge >= 0.3 is 0 Å². The van der Waals surface area contributed by atoms with Crippen molar-refractivity contribution in [1.82, 2.24) is 9.97 Å². The molecule has 0 saturated heterocycles. The third-order valence-electron chi connectivity index (χ3n) is 3.18. The molecule has 0 spiro atoms. The van der Waals surface area contributed by atoms with E-state index >= 15 is 0 Å². The Morgan fingerprint density at radius 3 is 3.00 bits per heavy atom. The number of rotatable bonds is 3. The summed E-state index contributed by atoms with van der Waals surface area (Å²) < 4.78 is 5.40. The van der Waals surface area contributed by atoms with Crippen molar-refractivity contribution in [3.8, 4) is 11.6 Å². The van der Waals surface area contributed by atoms with Gasteiger partial charge in [0.05, 0.1) is 11.6 Å². The number of furan rings is 1. The number of aromatic nitrogens is 2. The van der Waals surface area contributed by atoms with E-state index in [-0.39, 0.29) is 0 Å². The summed E-state index contributed by atoms with van der Waals surface area (Å²) in [5.74, 6) is 2.30. The van der Waals surface area contributed by atoms with Crippen LogP contribution in [-0.4, -0.2) is 16.0 Å². The Morgan fingerprint density at radius 1 is 1.37 bits per heavy atom. The van der Waals surface area contributed by atoms with E-state index in [0.29, 0.717) is 17.6 Å². The van der Waals surface area contributed by atoms with Crippen molar-refractivity contribution in [2.24, 2.45) is 0 Å². The Bertz CT molecular complexity index is 729. The van der Waals surface area contributed by atoms with Crippen LogP contribution in [0.15, 0.2) is 28.9 Å². The number of hydrogen-bond acceptors (Lipinski definition) is 5. The Hall–Kier alpha value is -1.88. The highest BCUT2D eigenvalue weighted by molar-refractivity contribution is 7.18. The highest BCUT2D eigenvalue weighted by Crippen LogP contribution is 2.33. The molecular formula is C14H13N3OS. The van der Waals surface area contributed by atoms with Gasteiger partial charge in [0.15, 0.2) is 11.6 Å². The lowest BCUT2D eigenvalue weighted by Gasteiger charge is -2.06. The first-order chi connectivity index (χ1) is 9.29. The predicted molar refractivity (Wildman–Crippen MR) is 76.5 cm³/mol. The number of hydrogen-bond donors (Lipinski definition) is 1. The summed E-state index contributed by atoms with van der Waals surface area (Å²) >= 11 is 1.69. The molecule has 5 heteroatoms. The summed E-state index contributed by atoms with van der Waals surface area (Å²) in [4.78, 5) is 11.5. The molecule has 19 heavy (non-hydrogen) atoms. The van der Waals surface area contributed by atoms with E-state index < -0.39 is 0 Å². The minimum atomic E-state index is 0.572. The van der Waals surface area contributed by atoms with Crippen LogP contribution in [-0.2, 0) is 0 Å². The van der Waals surface area contributed by atoms with Gasteiger partial charge in [-0.25, -0.2) is 9.97 Å². The molecule has 0 radical (unpaired) electrons. The van der Waals surface area contributed by atoms with Crippen LogP contribution in [0.5, 0.6) is 0 Å².